The molecule has 3 N–H and O–H groups in total. The van der Waals surface area contributed by atoms with E-state index in [-0.39, 0.29) is 11.8 Å². The summed E-state index contributed by atoms with van der Waals surface area (Å²) in [5, 5.41) is 5.30. The lowest BCUT2D eigenvalue weighted by atomic mass is 9.83. The van der Waals surface area contributed by atoms with Crippen molar-refractivity contribution in [3.63, 3.8) is 0 Å². The molecule has 126 valence electrons. The topological polar surface area (TPSA) is 85.1 Å². The molecule has 1 aliphatic rings. The normalized spacial score (nSPS) is 16.5. The van der Waals surface area contributed by atoms with Crippen LogP contribution < -0.4 is 11.1 Å². The van der Waals surface area contributed by atoms with E-state index in [2.05, 4.69) is 10.3 Å². The highest BCUT2D eigenvalue weighted by Gasteiger charge is 2.30. The first-order valence-electron chi connectivity index (χ1n) is 8.26. The minimum absolute atomic E-state index is 0.132. The van der Waals surface area contributed by atoms with Crippen molar-refractivity contribution in [1.29, 1.82) is 0 Å². The second kappa shape index (κ2) is 7.57. The summed E-state index contributed by atoms with van der Waals surface area (Å²) in [6, 6.07) is 9.10. The second-order valence-corrected chi connectivity index (χ2v) is 7.01. The third-order valence-electron chi connectivity index (χ3n) is 4.47. The van der Waals surface area contributed by atoms with E-state index in [4.69, 9.17) is 5.73 Å². The summed E-state index contributed by atoms with van der Waals surface area (Å²) in [5.41, 5.74) is 6.83. The first-order chi connectivity index (χ1) is 11.6. The van der Waals surface area contributed by atoms with Crippen LogP contribution in [0.1, 0.15) is 42.6 Å². The molecule has 24 heavy (non-hydrogen) atoms. The van der Waals surface area contributed by atoms with Crippen LogP contribution in [0.15, 0.2) is 35.7 Å². The number of carbonyl (C=O) groups is 2. The number of hydrogen-bond donors (Lipinski definition) is 2. The number of benzene rings is 1. The van der Waals surface area contributed by atoms with Crippen molar-refractivity contribution in [3.05, 3.63) is 41.4 Å². The summed E-state index contributed by atoms with van der Waals surface area (Å²) in [6.45, 7) is 0. The van der Waals surface area contributed by atoms with Gasteiger partial charge in [0.25, 0.3) is 5.91 Å². The SMILES string of the molecule is NC(=O)C(NC(=O)c1csc(-c2ccccc2)n1)C1CCCCC1. The number of rotatable bonds is 5. The Bertz CT molecular complexity index is 708. The Morgan fingerprint density at radius 3 is 2.54 bits per heavy atom. The molecule has 0 spiro atoms. The van der Waals surface area contributed by atoms with Gasteiger partial charge in [-0.2, -0.15) is 0 Å². The molecule has 0 radical (unpaired) electrons. The Labute approximate surface area is 145 Å². The number of aromatic nitrogens is 1. The molecule has 1 atom stereocenters. The molecule has 3 rings (SSSR count). The molecular formula is C18H21N3O2S. The molecule has 1 saturated carbocycles. The van der Waals surface area contributed by atoms with E-state index >= 15 is 0 Å². The van der Waals surface area contributed by atoms with Crippen LogP contribution in [-0.2, 0) is 4.79 Å². The van der Waals surface area contributed by atoms with E-state index < -0.39 is 11.9 Å². The van der Waals surface area contributed by atoms with Gasteiger partial charge in [0.2, 0.25) is 5.91 Å². The molecule has 0 bridgehead atoms. The highest BCUT2D eigenvalue weighted by atomic mass is 32.1. The number of nitrogens with two attached hydrogens (primary N) is 1. The summed E-state index contributed by atoms with van der Waals surface area (Å²) in [6.07, 6.45) is 5.21. The standard InChI is InChI=1S/C18H21N3O2S/c19-16(22)15(12-7-3-1-4-8-12)21-17(23)14-11-24-18(20-14)13-9-5-2-6-10-13/h2,5-6,9-12,15H,1,3-4,7-8H2,(H2,19,22)(H,21,23). The van der Waals surface area contributed by atoms with Crippen LogP contribution in [0.3, 0.4) is 0 Å². The van der Waals surface area contributed by atoms with Gasteiger partial charge in [0.1, 0.15) is 16.7 Å². The van der Waals surface area contributed by atoms with Crippen molar-refractivity contribution < 1.29 is 9.59 Å². The summed E-state index contributed by atoms with van der Waals surface area (Å²) in [5.74, 6) is -0.663. The van der Waals surface area contributed by atoms with Crippen molar-refractivity contribution in [2.75, 3.05) is 0 Å². The lowest BCUT2D eigenvalue weighted by Gasteiger charge is -2.28. The summed E-state index contributed by atoms with van der Waals surface area (Å²) in [7, 11) is 0. The molecule has 0 aliphatic heterocycles. The molecule has 1 aromatic heterocycles. The van der Waals surface area contributed by atoms with Crippen molar-refractivity contribution in [1.82, 2.24) is 10.3 Å². The second-order valence-electron chi connectivity index (χ2n) is 6.16. The molecule has 1 unspecified atom stereocenters. The van der Waals surface area contributed by atoms with Crippen molar-refractivity contribution >= 4 is 23.2 Å². The Balaban J connectivity index is 1.71. The van der Waals surface area contributed by atoms with E-state index in [1.54, 1.807) is 5.38 Å². The third kappa shape index (κ3) is 3.82. The Kier molecular flexibility index (Phi) is 5.25. The molecule has 2 amide bonds. The van der Waals surface area contributed by atoms with E-state index in [1.165, 1.54) is 17.8 Å². The van der Waals surface area contributed by atoms with Crippen molar-refractivity contribution in [2.24, 2.45) is 11.7 Å². The van der Waals surface area contributed by atoms with Crippen LogP contribution >= 0.6 is 11.3 Å². The van der Waals surface area contributed by atoms with Gasteiger partial charge >= 0.3 is 0 Å². The average Bonchev–Trinajstić information content (AvgIpc) is 3.11. The number of nitrogens with zero attached hydrogens (tertiary/aromatic N) is 1. The van der Waals surface area contributed by atoms with Crippen LogP contribution in [0.25, 0.3) is 10.6 Å². The van der Waals surface area contributed by atoms with E-state index in [1.807, 2.05) is 30.3 Å². The minimum Gasteiger partial charge on any atom is -0.368 e. The highest BCUT2D eigenvalue weighted by molar-refractivity contribution is 7.13. The highest BCUT2D eigenvalue weighted by Crippen LogP contribution is 2.27. The summed E-state index contributed by atoms with van der Waals surface area (Å²) >= 11 is 1.41. The van der Waals surface area contributed by atoms with Crippen LogP contribution in [0.2, 0.25) is 0 Å². The predicted octanol–water partition coefficient (Wildman–Crippen LogP) is 2.97. The quantitative estimate of drug-likeness (QED) is 0.875. The zero-order valence-electron chi connectivity index (χ0n) is 13.4. The maximum absolute atomic E-state index is 12.5. The smallest absolute Gasteiger partial charge is 0.271 e. The summed E-state index contributed by atoms with van der Waals surface area (Å²) < 4.78 is 0. The number of thiazole rings is 1. The molecule has 1 aromatic carbocycles. The number of carbonyl (C=O) groups excluding carboxylic acids is 2. The Morgan fingerprint density at radius 1 is 1.17 bits per heavy atom. The monoisotopic (exact) mass is 343 g/mol. The molecule has 6 heteroatoms. The van der Waals surface area contributed by atoms with Gasteiger partial charge in [-0.3, -0.25) is 9.59 Å². The first-order valence-corrected chi connectivity index (χ1v) is 9.14. The van der Waals surface area contributed by atoms with Crippen LogP contribution in [0.5, 0.6) is 0 Å². The van der Waals surface area contributed by atoms with Crippen LogP contribution in [0.4, 0.5) is 0 Å². The number of hydrogen-bond acceptors (Lipinski definition) is 4. The average molecular weight is 343 g/mol. The van der Waals surface area contributed by atoms with Crippen LogP contribution in [-0.4, -0.2) is 22.8 Å². The van der Waals surface area contributed by atoms with Gasteiger partial charge in [-0.1, -0.05) is 49.6 Å². The molecular weight excluding hydrogens is 322 g/mol. The van der Waals surface area contributed by atoms with E-state index in [9.17, 15) is 9.59 Å². The molecule has 2 aromatic rings. The molecule has 5 nitrogen and oxygen atoms in total. The van der Waals surface area contributed by atoms with Gasteiger partial charge in [-0.15, -0.1) is 11.3 Å². The Hall–Kier alpha value is -2.21. The fourth-order valence-electron chi connectivity index (χ4n) is 3.20. The minimum atomic E-state index is -0.611. The third-order valence-corrected chi connectivity index (χ3v) is 5.36. The Morgan fingerprint density at radius 2 is 1.88 bits per heavy atom. The van der Waals surface area contributed by atoms with Gasteiger partial charge in [0.05, 0.1) is 0 Å². The largest absolute Gasteiger partial charge is 0.368 e. The van der Waals surface area contributed by atoms with Crippen LogP contribution in [0, 0.1) is 5.92 Å². The molecule has 0 saturated heterocycles. The van der Waals surface area contributed by atoms with Crippen molar-refractivity contribution in [3.8, 4) is 10.6 Å². The summed E-state index contributed by atoms with van der Waals surface area (Å²) in [4.78, 5) is 28.6. The number of nitrogens with one attached hydrogen (secondary N) is 1. The lowest BCUT2D eigenvalue weighted by molar-refractivity contribution is -0.121. The maximum Gasteiger partial charge on any atom is 0.271 e. The maximum atomic E-state index is 12.5. The first kappa shape index (κ1) is 16.6. The van der Waals surface area contributed by atoms with E-state index in [0.29, 0.717) is 5.69 Å². The fraction of sp³-hybridized carbons (Fsp3) is 0.389. The lowest BCUT2D eigenvalue weighted by Crippen LogP contribution is -2.49. The predicted molar refractivity (Wildman–Crippen MR) is 94.6 cm³/mol. The van der Waals surface area contributed by atoms with E-state index in [0.717, 1.165) is 36.3 Å². The number of amides is 2. The van der Waals surface area contributed by atoms with Gasteiger partial charge in [-0.25, -0.2) is 4.98 Å². The fourth-order valence-corrected chi connectivity index (χ4v) is 4.00. The van der Waals surface area contributed by atoms with Gasteiger partial charge < -0.3 is 11.1 Å². The van der Waals surface area contributed by atoms with Gasteiger partial charge in [0.15, 0.2) is 0 Å². The van der Waals surface area contributed by atoms with Gasteiger partial charge in [0, 0.05) is 10.9 Å². The molecule has 1 fully saturated rings. The van der Waals surface area contributed by atoms with Gasteiger partial charge in [-0.05, 0) is 18.8 Å². The molecule has 1 aliphatic carbocycles. The molecule has 1 heterocycles. The zero-order chi connectivity index (χ0) is 16.9. The van der Waals surface area contributed by atoms with Crippen molar-refractivity contribution in [2.45, 2.75) is 38.1 Å². The zero-order valence-corrected chi connectivity index (χ0v) is 14.2. The number of primary amides is 1.